The Bertz CT molecular complexity index is 3440. The summed E-state index contributed by atoms with van der Waals surface area (Å²) < 4.78 is 7.30. The third kappa shape index (κ3) is 5.87. The third-order valence-corrected chi connectivity index (χ3v) is 12.8. The van der Waals surface area contributed by atoms with E-state index in [4.69, 9.17) is 0 Å². The lowest BCUT2D eigenvalue weighted by Crippen LogP contribution is -2.11. The smallest absolute Gasteiger partial charge is 0.142 e. The molecule has 6 nitrogen and oxygen atoms in total. The van der Waals surface area contributed by atoms with E-state index in [1.54, 1.807) is 12.1 Å². The molecule has 0 aliphatic heterocycles. The van der Waals surface area contributed by atoms with Crippen molar-refractivity contribution in [2.75, 3.05) is 0 Å². The van der Waals surface area contributed by atoms with Crippen LogP contribution in [0.4, 0.5) is 0 Å². The van der Waals surface area contributed by atoms with Crippen molar-refractivity contribution in [1.82, 2.24) is 18.7 Å². The molecule has 0 bridgehead atoms. The number of fused-ring (bicyclic) bond motifs is 9. The molecule has 0 fully saturated rings. The fourth-order valence-corrected chi connectivity index (χ4v) is 9.71. The van der Waals surface area contributed by atoms with Crippen LogP contribution in [0.25, 0.3) is 93.6 Å². The van der Waals surface area contributed by atoms with Crippen molar-refractivity contribution in [3.8, 4) is 40.3 Å². The molecule has 63 heavy (non-hydrogen) atoms. The van der Waals surface area contributed by atoms with Crippen molar-refractivity contribution >= 4 is 65.4 Å². The maximum absolute atomic E-state index is 10.2. The number of hydrogen-bond acceptors (Lipinski definition) is 3. The molecule has 7 aromatic carbocycles. The van der Waals surface area contributed by atoms with Gasteiger partial charge in [0, 0.05) is 32.3 Å². The minimum Gasteiger partial charge on any atom is -0.307 e. The zero-order valence-corrected chi connectivity index (χ0v) is 36.2. The molecule has 0 aliphatic rings. The molecule has 4 heterocycles. The predicted octanol–water partition coefficient (Wildman–Crippen LogP) is 14.4. The topological polar surface area (TPSA) is 75.3 Å². The summed E-state index contributed by atoms with van der Waals surface area (Å²) in [5.41, 5.74) is 13.8. The number of aromatic nitrogens is 4. The average Bonchev–Trinajstić information content (AvgIpc) is 3.93. The molecule has 0 spiro atoms. The number of benzene rings is 7. The summed E-state index contributed by atoms with van der Waals surface area (Å²) >= 11 is 0. The van der Waals surface area contributed by atoms with E-state index >= 15 is 0 Å². The Labute approximate surface area is 366 Å². The lowest BCUT2D eigenvalue weighted by Gasteiger charge is -2.24. The molecular formula is C57H44N6. The van der Waals surface area contributed by atoms with E-state index in [2.05, 4.69) is 218 Å². The van der Waals surface area contributed by atoms with E-state index in [-0.39, 0.29) is 22.2 Å². The number of hydrogen-bond donors (Lipinski definition) is 0. The van der Waals surface area contributed by atoms with E-state index in [1.807, 2.05) is 0 Å². The molecule has 0 saturated carbocycles. The van der Waals surface area contributed by atoms with Gasteiger partial charge in [0.2, 0.25) is 0 Å². The normalized spacial score (nSPS) is 12.3. The fourth-order valence-electron chi connectivity index (χ4n) is 9.71. The molecule has 0 aliphatic carbocycles. The second-order valence-electron chi connectivity index (χ2n) is 18.8. The second kappa shape index (κ2) is 13.8. The van der Waals surface area contributed by atoms with Crippen molar-refractivity contribution in [3.63, 3.8) is 0 Å². The molecule has 0 N–H and O–H groups in total. The highest BCUT2D eigenvalue weighted by molar-refractivity contribution is 6.14. The van der Waals surface area contributed by atoms with Crippen LogP contribution < -0.4 is 0 Å². The maximum Gasteiger partial charge on any atom is 0.142 e. The zero-order valence-electron chi connectivity index (χ0n) is 36.2. The van der Waals surface area contributed by atoms with Gasteiger partial charge in [-0.25, -0.2) is 4.98 Å². The molecule has 0 atom stereocenters. The van der Waals surface area contributed by atoms with Crippen LogP contribution in [0.15, 0.2) is 158 Å². The van der Waals surface area contributed by atoms with Gasteiger partial charge in [-0.2, -0.15) is 10.5 Å². The first-order valence-corrected chi connectivity index (χ1v) is 21.5. The highest BCUT2D eigenvalue weighted by Gasteiger charge is 2.28. The van der Waals surface area contributed by atoms with Crippen LogP contribution in [0.2, 0.25) is 0 Å². The van der Waals surface area contributed by atoms with Crippen LogP contribution in [-0.2, 0) is 10.8 Å². The molecule has 0 amide bonds. The summed E-state index contributed by atoms with van der Waals surface area (Å²) in [4.78, 5) is 4.34. The van der Waals surface area contributed by atoms with Crippen LogP contribution in [-0.4, -0.2) is 18.7 Å². The minimum atomic E-state index is -0.0662. The summed E-state index contributed by atoms with van der Waals surface area (Å²) in [6, 6.07) is 61.0. The van der Waals surface area contributed by atoms with Gasteiger partial charge in [0.15, 0.2) is 0 Å². The molecule has 11 rings (SSSR count). The lowest BCUT2D eigenvalue weighted by atomic mass is 9.85. The summed E-state index contributed by atoms with van der Waals surface area (Å²) in [6.07, 6.45) is 0. The number of nitriles is 2. The van der Waals surface area contributed by atoms with E-state index in [0.717, 1.165) is 82.8 Å². The molecule has 0 radical (unpaired) electrons. The molecular weight excluding hydrogens is 769 g/mol. The van der Waals surface area contributed by atoms with Gasteiger partial charge < -0.3 is 13.7 Å². The SMILES string of the molecule is CC(C)(C)c1ccc2c(c1)c1cc(C(C)(C)C)ccc1n2-c1c(-n2c3ccccc3c3ccccc32)cc(-c2cc(C#N)nc(C#N)c2)cc1-n1c2ccccc2c2ccccc21. The number of para-hydroxylation sites is 4. The summed E-state index contributed by atoms with van der Waals surface area (Å²) in [5, 5.41) is 27.4. The van der Waals surface area contributed by atoms with Gasteiger partial charge >= 0.3 is 0 Å². The third-order valence-electron chi connectivity index (χ3n) is 12.8. The summed E-state index contributed by atoms with van der Waals surface area (Å²) in [7, 11) is 0. The Hall–Kier alpha value is -7.93. The lowest BCUT2D eigenvalue weighted by molar-refractivity contribution is 0.590. The minimum absolute atomic E-state index is 0.0662. The first kappa shape index (κ1) is 38.0. The van der Waals surface area contributed by atoms with Crippen LogP contribution in [0.3, 0.4) is 0 Å². The van der Waals surface area contributed by atoms with Crippen molar-refractivity contribution in [1.29, 1.82) is 10.5 Å². The van der Waals surface area contributed by atoms with Crippen LogP contribution in [0, 0.1) is 22.7 Å². The first-order chi connectivity index (χ1) is 30.4. The molecule has 0 unspecified atom stereocenters. The van der Waals surface area contributed by atoms with Crippen molar-refractivity contribution in [3.05, 3.63) is 180 Å². The van der Waals surface area contributed by atoms with Gasteiger partial charge in [0.25, 0.3) is 0 Å². The van der Waals surface area contributed by atoms with Gasteiger partial charge in [-0.1, -0.05) is 126 Å². The number of pyridine rings is 1. The zero-order chi connectivity index (χ0) is 43.4. The average molecular weight is 813 g/mol. The molecule has 302 valence electrons. The largest absolute Gasteiger partial charge is 0.307 e. The van der Waals surface area contributed by atoms with E-state index in [1.165, 1.54) is 21.9 Å². The van der Waals surface area contributed by atoms with Gasteiger partial charge in [0.1, 0.15) is 23.5 Å². The number of nitrogens with zero attached hydrogens (tertiary/aromatic N) is 6. The standard InChI is InChI=1S/C57H44N6/c1-56(2,3)37-23-25-51-45(31-37)46-32-38(57(4,5)6)24-26-52(46)63(51)55-53(61-47-19-11-7-15-41(47)42-16-8-12-20-48(42)61)29-36(35-27-39(33-58)60-40(28-35)34-59)30-54(55)62-49-21-13-9-17-43(49)44-18-10-14-22-50(44)62/h7-32H,1-6H3. The van der Waals surface area contributed by atoms with Gasteiger partial charge in [0.05, 0.1) is 50.2 Å². The highest BCUT2D eigenvalue weighted by Crippen LogP contribution is 2.46. The Morgan fingerprint density at radius 3 is 1.06 bits per heavy atom. The van der Waals surface area contributed by atoms with E-state index < -0.39 is 0 Å². The summed E-state index contributed by atoms with van der Waals surface area (Å²) in [6.45, 7) is 13.7. The van der Waals surface area contributed by atoms with Crippen molar-refractivity contribution in [2.24, 2.45) is 0 Å². The Balaban J connectivity index is 1.42. The molecule has 0 saturated heterocycles. The molecule has 6 heteroatoms. The first-order valence-electron chi connectivity index (χ1n) is 21.5. The monoisotopic (exact) mass is 812 g/mol. The van der Waals surface area contributed by atoms with Gasteiger partial charge in [-0.15, -0.1) is 0 Å². The van der Waals surface area contributed by atoms with Crippen LogP contribution in [0.1, 0.15) is 64.1 Å². The molecule has 4 aromatic heterocycles. The highest BCUT2D eigenvalue weighted by atomic mass is 15.1. The quantitative estimate of drug-likeness (QED) is 0.178. The maximum atomic E-state index is 10.2. The Kier molecular flexibility index (Phi) is 8.33. The molecule has 11 aromatic rings. The Morgan fingerprint density at radius 2 is 0.714 bits per heavy atom. The number of rotatable bonds is 4. The summed E-state index contributed by atoms with van der Waals surface area (Å²) in [5.74, 6) is 0. The second-order valence-corrected chi connectivity index (χ2v) is 18.8. The van der Waals surface area contributed by atoms with Gasteiger partial charge in [-0.3, -0.25) is 0 Å². The van der Waals surface area contributed by atoms with Crippen LogP contribution in [0.5, 0.6) is 0 Å². The van der Waals surface area contributed by atoms with Crippen molar-refractivity contribution < 1.29 is 0 Å². The Morgan fingerprint density at radius 1 is 0.381 bits per heavy atom. The van der Waals surface area contributed by atoms with E-state index in [9.17, 15) is 10.5 Å². The van der Waals surface area contributed by atoms with Gasteiger partial charge in [-0.05, 0) is 106 Å². The predicted molar refractivity (Wildman–Crippen MR) is 260 cm³/mol. The fraction of sp³-hybridized carbons (Fsp3) is 0.140. The van der Waals surface area contributed by atoms with Crippen molar-refractivity contribution in [2.45, 2.75) is 52.4 Å². The van der Waals surface area contributed by atoms with Crippen LogP contribution >= 0.6 is 0 Å². The van der Waals surface area contributed by atoms with E-state index in [0.29, 0.717) is 0 Å².